The van der Waals surface area contributed by atoms with E-state index in [1.807, 2.05) is 6.20 Å². The summed E-state index contributed by atoms with van der Waals surface area (Å²) in [6, 6.07) is 2.15. The van der Waals surface area contributed by atoms with Crippen LogP contribution in [0.15, 0.2) is 18.5 Å². The number of aromatic amines is 1. The van der Waals surface area contributed by atoms with Crippen molar-refractivity contribution in [2.24, 2.45) is 11.1 Å². The highest BCUT2D eigenvalue weighted by molar-refractivity contribution is 5.20. The van der Waals surface area contributed by atoms with Crippen LogP contribution in [-0.4, -0.2) is 24.6 Å². The second-order valence-electron chi connectivity index (χ2n) is 6.29. The van der Waals surface area contributed by atoms with Crippen molar-refractivity contribution in [3.63, 3.8) is 0 Å². The predicted molar refractivity (Wildman–Crippen MR) is 74.1 cm³/mol. The molecule has 1 heterocycles. The number of nitrogens with one attached hydrogen (secondary N) is 2. The Balaban J connectivity index is 2.41. The summed E-state index contributed by atoms with van der Waals surface area (Å²) in [7, 11) is 0. The monoisotopic (exact) mass is 237 g/mol. The van der Waals surface area contributed by atoms with Crippen LogP contribution in [0.3, 0.4) is 0 Å². The van der Waals surface area contributed by atoms with Gasteiger partial charge in [-0.1, -0.05) is 27.7 Å². The Morgan fingerprint density at radius 1 is 1.24 bits per heavy atom. The minimum atomic E-state index is 0.165. The Hall–Kier alpha value is -0.800. The number of aromatic nitrogens is 1. The molecule has 0 amide bonds. The summed E-state index contributed by atoms with van der Waals surface area (Å²) in [5, 5.41) is 3.57. The first-order valence-electron chi connectivity index (χ1n) is 6.41. The molecule has 0 bridgehead atoms. The normalized spacial score (nSPS) is 13.0. The van der Waals surface area contributed by atoms with Crippen LogP contribution >= 0.6 is 0 Å². The Labute approximate surface area is 105 Å². The lowest BCUT2D eigenvalue weighted by Gasteiger charge is -2.29. The van der Waals surface area contributed by atoms with E-state index in [4.69, 9.17) is 5.73 Å². The molecule has 1 rings (SSSR count). The lowest BCUT2D eigenvalue weighted by Crippen LogP contribution is -2.38. The zero-order chi connectivity index (χ0) is 12.9. The first-order chi connectivity index (χ1) is 7.87. The van der Waals surface area contributed by atoms with E-state index >= 15 is 0 Å². The Morgan fingerprint density at radius 3 is 2.47 bits per heavy atom. The minimum Gasteiger partial charge on any atom is -0.367 e. The maximum absolute atomic E-state index is 5.62. The molecule has 0 aliphatic carbocycles. The second-order valence-corrected chi connectivity index (χ2v) is 6.29. The summed E-state index contributed by atoms with van der Waals surface area (Å²) < 4.78 is 0. The molecule has 0 unspecified atom stereocenters. The van der Waals surface area contributed by atoms with Crippen LogP contribution in [0.5, 0.6) is 0 Å². The molecule has 0 aliphatic heterocycles. The van der Waals surface area contributed by atoms with Gasteiger partial charge >= 0.3 is 0 Å². The summed E-state index contributed by atoms with van der Waals surface area (Å²) in [5.41, 5.74) is 7.41. The lowest BCUT2D eigenvalue weighted by molar-refractivity contribution is 0.306. The molecule has 3 heteroatoms. The molecule has 98 valence electrons. The van der Waals surface area contributed by atoms with Crippen LogP contribution in [0.1, 0.15) is 39.7 Å². The van der Waals surface area contributed by atoms with Gasteiger partial charge in [0, 0.05) is 30.9 Å². The topological polar surface area (TPSA) is 53.8 Å². The molecule has 1 aromatic heterocycles. The van der Waals surface area contributed by atoms with Crippen LogP contribution in [-0.2, 0) is 5.41 Å². The smallest absolute Gasteiger partial charge is 0.00439 e. The van der Waals surface area contributed by atoms with Gasteiger partial charge in [-0.3, -0.25) is 0 Å². The predicted octanol–water partition coefficient (Wildman–Crippen LogP) is 2.26. The standard InChI is InChI=1S/C14H27N3/c1-13(2,6-7-15)10-17-11-14(3,4)12-5-8-16-9-12/h5,8-9,16-17H,6-7,10-11,15H2,1-4H3. The zero-order valence-electron chi connectivity index (χ0n) is 11.6. The molecule has 0 fully saturated rings. The van der Waals surface area contributed by atoms with E-state index < -0.39 is 0 Å². The number of H-pyrrole nitrogens is 1. The minimum absolute atomic E-state index is 0.165. The highest BCUT2D eigenvalue weighted by atomic mass is 14.9. The van der Waals surface area contributed by atoms with Crippen LogP contribution in [0.4, 0.5) is 0 Å². The molecule has 0 aliphatic rings. The zero-order valence-corrected chi connectivity index (χ0v) is 11.6. The van der Waals surface area contributed by atoms with E-state index in [-0.39, 0.29) is 10.8 Å². The third-order valence-corrected chi connectivity index (χ3v) is 3.37. The fraction of sp³-hybridized carbons (Fsp3) is 0.714. The molecular weight excluding hydrogens is 210 g/mol. The van der Waals surface area contributed by atoms with Crippen molar-refractivity contribution in [1.82, 2.24) is 10.3 Å². The van der Waals surface area contributed by atoms with E-state index in [0.717, 1.165) is 26.1 Å². The van der Waals surface area contributed by atoms with Gasteiger partial charge in [-0.15, -0.1) is 0 Å². The first-order valence-corrected chi connectivity index (χ1v) is 6.41. The fourth-order valence-electron chi connectivity index (χ4n) is 2.04. The average molecular weight is 237 g/mol. The van der Waals surface area contributed by atoms with Gasteiger partial charge in [-0.2, -0.15) is 0 Å². The van der Waals surface area contributed by atoms with Crippen molar-refractivity contribution in [2.45, 2.75) is 39.5 Å². The van der Waals surface area contributed by atoms with E-state index in [1.54, 1.807) is 0 Å². The Bertz CT molecular complexity index is 312. The molecule has 17 heavy (non-hydrogen) atoms. The number of nitrogens with two attached hydrogens (primary N) is 1. The molecule has 4 N–H and O–H groups in total. The van der Waals surface area contributed by atoms with E-state index in [0.29, 0.717) is 0 Å². The fourth-order valence-corrected chi connectivity index (χ4v) is 2.04. The van der Waals surface area contributed by atoms with Crippen molar-refractivity contribution in [3.8, 4) is 0 Å². The van der Waals surface area contributed by atoms with Gasteiger partial charge in [0.05, 0.1) is 0 Å². The van der Waals surface area contributed by atoms with Crippen molar-refractivity contribution < 1.29 is 0 Å². The van der Waals surface area contributed by atoms with Crippen LogP contribution < -0.4 is 11.1 Å². The van der Waals surface area contributed by atoms with E-state index in [9.17, 15) is 0 Å². The van der Waals surface area contributed by atoms with Gasteiger partial charge in [-0.05, 0) is 30.0 Å². The summed E-state index contributed by atoms with van der Waals surface area (Å²) in [5.74, 6) is 0. The van der Waals surface area contributed by atoms with Crippen molar-refractivity contribution in [1.29, 1.82) is 0 Å². The first kappa shape index (κ1) is 14.3. The van der Waals surface area contributed by atoms with E-state index in [1.165, 1.54) is 5.56 Å². The molecule has 0 saturated carbocycles. The number of hydrogen-bond acceptors (Lipinski definition) is 2. The summed E-state index contributed by atoms with van der Waals surface area (Å²) in [6.45, 7) is 11.8. The molecule has 0 aromatic carbocycles. The summed E-state index contributed by atoms with van der Waals surface area (Å²) in [4.78, 5) is 3.12. The van der Waals surface area contributed by atoms with Crippen molar-refractivity contribution in [3.05, 3.63) is 24.0 Å². The molecule has 0 radical (unpaired) electrons. The third kappa shape index (κ3) is 4.52. The SMILES string of the molecule is CC(C)(CCN)CNCC(C)(C)c1cc[nH]c1. The molecule has 0 saturated heterocycles. The highest BCUT2D eigenvalue weighted by Gasteiger charge is 2.22. The molecule has 1 aromatic rings. The maximum Gasteiger partial charge on any atom is 0.00439 e. The summed E-state index contributed by atoms with van der Waals surface area (Å²) >= 11 is 0. The lowest BCUT2D eigenvalue weighted by atomic mass is 9.85. The number of rotatable bonds is 7. The Morgan fingerprint density at radius 2 is 1.94 bits per heavy atom. The van der Waals surface area contributed by atoms with Crippen LogP contribution in [0, 0.1) is 5.41 Å². The van der Waals surface area contributed by atoms with Gasteiger partial charge < -0.3 is 16.0 Å². The number of hydrogen-bond donors (Lipinski definition) is 3. The highest BCUT2D eigenvalue weighted by Crippen LogP contribution is 2.23. The third-order valence-electron chi connectivity index (χ3n) is 3.37. The van der Waals surface area contributed by atoms with Crippen LogP contribution in [0.2, 0.25) is 0 Å². The summed E-state index contributed by atoms with van der Waals surface area (Å²) in [6.07, 6.45) is 5.12. The van der Waals surface area contributed by atoms with Crippen molar-refractivity contribution in [2.75, 3.05) is 19.6 Å². The van der Waals surface area contributed by atoms with Gasteiger partial charge in [0.15, 0.2) is 0 Å². The van der Waals surface area contributed by atoms with Gasteiger partial charge in [0.1, 0.15) is 0 Å². The van der Waals surface area contributed by atoms with Crippen LogP contribution in [0.25, 0.3) is 0 Å². The molecular formula is C14H27N3. The van der Waals surface area contributed by atoms with Crippen molar-refractivity contribution >= 4 is 0 Å². The van der Waals surface area contributed by atoms with Gasteiger partial charge in [-0.25, -0.2) is 0 Å². The quantitative estimate of drug-likeness (QED) is 0.681. The molecule has 0 spiro atoms. The largest absolute Gasteiger partial charge is 0.367 e. The second kappa shape index (κ2) is 5.69. The maximum atomic E-state index is 5.62. The molecule has 0 atom stereocenters. The van der Waals surface area contributed by atoms with E-state index in [2.05, 4.69) is 50.3 Å². The van der Waals surface area contributed by atoms with Gasteiger partial charge in [0.25, 0.3) is 0 Å². The molecule has 3 nitrogen and oxygen atoms in total. The Kier molecular flexibility index (Phi) is 4.78. The van der Waals surface area contributed by atoms with Gasteiger partial charge in [0.2, 0.25) is 0 Å². The average Bonchev–Trinajstić information content (AvgIpc) is 2.69.